The molecule has 0 amide bonds. The average Bonchev–Trinajstić information content (AvgIpc) is 2.31. The number of pyridine rings is 1. The van der Waals surface area contributed by atoms with Crippen LogP contribution in [0.2, 0.25) is 0 Å². The van der Waals surface area contributed by atoms with E-state index >= 15 is 0 Å². The third kappa shape index (κ3) is 3.52. The van der Waals surface area contributed by atoms with Crippen LogP contribution in [0.5, 0.6) is 0 Å². The zero-order chi connectivity index (χ0) is 12.8. The van der Waals surface area contributed by atoms with Crippen LogP contribution in [0.25, 0.3) is 0 Å². The van der Waals surface area contributed by atoms with E-state index in [1.165, 1.54) is 7.11 Å². The van der Waals surface area contributed by atoms with Gasteiger partial charge in [0.2, 0.25) is 0 Å². The summed E-state index contributed by atoms with van der Waals surface area (Å²) in [6.45, 7) is 0.117. The summed E-state index contributed by atoms with van der Waals surface area (Å²) in [6, 6.07) is 0.642. The summed E-state index contributed by atoms with van der Waals surface area (Å²) in [5.74, 6) is 2.30. The maximum Gasteiger partial charge on any atom is 0.307 e. The second-order valence-electron chi connectivity index (χ2n) is 3.05. The third-order valence-corrected chi connectivity index (χ3v) is 1.92. The van der Waals surface area contributed by atoms with E-state index in [1.54, 1.807) is 0 Å². The number of nitrogen functional groups attached to an aromatic ring is 1. The predicted octanol–water partition coefficient (Wildman–Crippen LogP) is 0.620. The van der Waals surface area contributed by atoms with Gasteiger partial charge < -0.3 is 15.5 Å². The Labute approximate surface area is 96.1 Å². The lowest BCUT2D eigenvalue weighted by Gasteiger charge is -2.08. The van der Waals surface area contributed by atoms with Crippen molar-refractivity contribution in [3.63, 3.8) is 0 Å². The molecule has 1 aromatic heterocycles. The highest BCUT2D eigenvalue weighted by Gasteiger charge is 2.11. The molecule has 17 heavy (non-hydrogen) atoms. The van der Waals surface area contributed by atoms with Crippen molar-refractivity contribution >= 4 is 17.6 Å². The molecule has 6 nitrogen and oxygen atoms in total. The number of esters is 1. The molecule has 1 rings (SSSR count). The average molecular weight is 246 g/mol. The zero-order valence-electron chi connectivity index (χ0n) is 9.09. The van der Waals surface area contributed by atoms with Crippen LogP contribution < -0.4 is 16.6 Å². The number of aromatic nitrogens is 1. The Morgan fingerprint density at radius 3 is 2.71 bits per heavy atom. The van der Waals surface area contributed by atoms with Crippen molar-refractivity contribution in [1.29, 1.82) is 0 Å². The number of hydrazine groups is 1. The van der Waals surface area contributed by atoms with Gasteiger partial charge in [0, 0.05) is 12.6 Å². The quantitative estimate of drug-likeness (QED) is 0.401. The van der Waals surface area contributed by atoms with Crippen LogP contribution in [0.1, 0.15) is 6.42 Å². The van der Waals surface area contributed by atoms with Crippen molar-refractivity contribution in [3.8, 4) is 0 Å². The van der Waals surface area contributed by atoms with Crippen LogP contribution in [0.3, 0.4) is 0 Å². The van der Waals surface area contributed by atoms with Crippen LogP contribution in [0.4, 0.5) is 20.4 Å². The lowest BCUT2D eigenvalue weighted by Crippen LogP contribution is -2.15. The molecule has 0 saturated carbocycles. The largest absolute Gasteiger partial charge is 0.469 e. The van der Waals surface area contributed by atoms with Crippen LogP contribution in [0.15, 0.2) is 6.07 Å². The summed E-state index contributed by atoms with van der Waals surface area (Å²) < 4.78 is 30.6. The number of methoxy groups -OCH3 is 1. The predicted molar refractivity (Wildman–Crippen MR) is 57.1 cm³/mol. The third-order valence-electron chi connectivity index (χ3n) is 1.92. The Kier molecular flexibility index (Phi) is 4.58. The fraction of sp³-hybridized carbons (Fsp3) is 0.333. The van der Waals surface area contributed by atoms with Gasteiger partial charge in [0.25, 0.3) is 0 Å². The fourth-order valence-electron chi connectivity index (χ4n) is 1.08. The molecular formula is C9H12F2N4O2. The summed E-state index contributed by atoms with van der Waals surface area (Å²) in [4.78, 5) is 14.4. The van der Waals surface area contributed by atoms with Gasteiger partial charge in [0.05, 0.1) is 13.5 Å². The highest BCUT2D eigenvalue weighted by molar-refractivity contribution is 5.69. The number of hydrogen-bond acceptors (Lipinski definition) is 6. The van der Waals surface area contributed by atoms with Crippen molar-refractivity contribution in [3.05, 3.63) is 17.7 Å². The number of carbonyl (C=O) groups is 1. The molecule has 0 saturated heterocycles. The number of ether oxygens (including phenoxy) is 1. The van der Waals surface area contributed by atoms with Gasteiger partial charge in [-0.2, -0.15) is 0 Å². The maximum atomic E-state index is 13.2. The number of nitrogens with zero attached hydrogens (tertiary/aromatic N) is 1. The van der Waals surface area contributed by atoms with Crippen LogP contribution in [-0.2, 0) is 9.53 Å². The van der Waals surface area contributed by atoms with E-state index in [4.69, 9.17) is 5.84 Å². The van der Waals surface area contributed by atoms with Gasteiger partial charge in [-0.15, -0.1) is 0 Å². The van der Waals surface area contributed by atoms with Gasteiger partial charge in [-0.25, -0.2) is 19.6 Å². The van der Waals surface area contributed by atoms with Crippen molar-refractivity contribution < 1.29 is 18.3 Å². The van der Waals surface area contributed by atoms with Crippen molar-refractivity contribution in [2.75, 3.05) is 24.4 Å². The minimum absolute atomic E-state index is 0.0420. The first kappa shape index (κ1) is 13.1. The Morgan fingerprint density at radius 2 is 2.12 bits per heavy atom. The topological polar surface area (TPSA) is 89.3 Å². The SMILES string of the molecule is COC(=O)CCNc1nc(NN)c(F)cc1F. The summed E-state index contributed by atoms with van der Waals surface area (Å²) in [5, 5.41) is 2.53. The number of rotatable bonds is 5. The van der Waals surface area contributed by atoms with E-state index in [1.807, 2.05) is 5.43 Å². The smallest absolute Gasteiger partial charge is 0.307 e. The summed E-state index contributed by atoms with van der Waals surface area (Å²) in [6.07, 6.45) is 0.0420. The standard InChI is InChI=1S/C9H12F2N4O2/c1-17-7(16)2-3-13-8-5(10)4-6(11)9(14-8)15-12/h4H,2-3,12H2,1H3,(H2,13,14,15). The molecule has 0 fully saturated rings. The van der Waals surface area contributed by atoms with E-state index in [2.05, 4.69) is 15.0 Å². The van der Waals surface area contributed by atoms with Gasteiger partial charge in [0.1, 0.15) is 0 Å². The van der Waals surface area contributed by atoms with Gasteiger partial charge in [0.15, 0.2) is 23.3 Å². The molecule has 0 aliphatic carbocycles. The number of nitrogens with two attached hydrogens (primary N) is 1. The molecular weight excluding hydrogens is 234 g/mol. The molecule has 0 spiro atoms. The zero-order valence-corrected chi connectivity index (χ0v) is 9.09. The van der Waals surface area contributed by atoms with Crippen molar-refractivity contribution in [2.24, 2.45) is 5.84 Å². The van der Waals surface area contributed by atoms with E-state index in [0.29, 0.717) is 6.07 Å². The number of nitrogens with one attached hydrogen (secondary N) is 2. The van der Waals surface area contributed by atoms with Gasteiger partial charge in [-0.05, 0) is 0 Å². The molecule has 1 aromatic rings. The molecule has 0 bridgehead atoms. The van der Waals surface area contributed by atoms with Crippen LogP contribution >= 0.6 is 0 Å². The summed E-state index contributed by atoms with van der Waals surface area (Å²) in [7, 11) is 1.25. The van der Waals surface area contributed by atoms with Crippen LogP contribution in [-0.4, -0.2) is 24.6 Å². The molecule has 0 atom stereocenters. The number of hydrogen-bond donors (Lipinski definition) is 3. The number of halogens is 2. The Bertz CT molecular complexity index is 414. The minimum atomic E-state index is -0.900. The van der Waals surface area contributed by atoms with E-state index in [9.17, 15) is 13.6 Å². The molecule has 4 N–H and O–H groups in total. The van der Waals surface area contributed by atoms with Crippen LogP contribution in [0, 0.1) is 11.6 Å². The van der Waals surface area contributed by atoms with Gasteiger partial charge in [-0.1, -0.05) is 0 Å². The molecule has 0 radical (unpaired) electrons. The number of anilines is 2. The monoisotopic (exact) mass is 246 g/mol. The first-order chi connectivity index (χ1) is 8.08. The van der Waals surface area contributed by atoms with Gasteiger partial charge in [-0.3, -0.25) is 4.79 Å². The summed E-state index contributed by atoms with van der Waals surface area (Å²) in [5.41, 5.74) is 1.99. The Balaban J connectivity index is 2.67. The molecule has 1 heterocycles. The van der Waals surface area contributed by atoms with Crippen molar-refractivity contribution in [1.82, 2.24) is 4.98 Å². The summed E-state index contributed by atoms with van der Waals surface area (Å²) >= 11 is 0. The van der Waals surface area contributed by atoms with Crippen molar-refractivity contribution in [2.45, 2.75) is 6.42 Å². The van der Waals surface area contributed by atoms with E-state index in [-0.39, 0.29) is 24.6 Å². The second kappa shape index (κ2) is 5.94. The molecule has 0 aliphatic heterocycles. The number of carbonyl (C=O) groups excluding carboxylic acids is 1. The first-order valence-corrected chi connectivity index (χ1v) is 4.71. The second-order valence-corrected chi connectivity index (χ2v) is 3.05. The van der Waals surface area contributed by atoms with Gasteiger partial charge >= 0.3 is 5.97 Å². The maximum absolute atomic E-state index is 13.2. The molecule has 0 unspecified atom stereocenters. The highest BCUT2D eigenvalue weighted by Crippen LogP contribution is 2.17. The molecule has 0 aromatic carbocycles. The van der Waals surface area contributed by atoms with E-state index in [0.717, 1.165) is 0 Å². The first-order valence-electron chi connectivity index (χ1n) is 4.71. The Hall–Kier alpha value is -1.96. The van der Waals surface area contributed by atoms with E-state index < -0.39 is 17.6 Å². The minimum Gasteiger partial charge on any atom is -0.469 e. The molecule has 0 aliphatic rings. The molecule has 94 valence electrons. The fourth-order valence-corrected chi connectivity index (χ4v) is 1.08. The normalized spacial score (nSPS) is 9.88. The highest BCUT2D eigenvalue weighted by atomic mass is 19.1. The lowest BCUT2D eigenvalue weighted by atomic mass is 10.3. The Morgan fingerprint density at radius 1 is 1.47 bits per heavy atom. The molecule has 8 heteroatoms. The lowest BCUT2D eigenvalue weighted by molar-refractivity contribution is -0.140.